The molecule has 0 fully saturated rings. The molecule has 116 valence electrons. The summed E-state index contributed by atoms with van der Waals surface area (Å²) in [6, 6.07) is 2.42. The van der Waals surface area contributed by atoms with Crippen molar-refractivity contribution in [3.8, 4) is 5.75 Å². The highest BCUT2D eigenvalue weighted by atomic mass is 16.4. The molecule has 0 saturated heterocycles. The summed E-state index contributed by atoms with van der Waals surface area (Å²) in [5, 5.41) is 10.9. The minimum absolute atomic E-state index is 0.0463. The molecule has 0 spiro atoms. The molecule has 0 aliphatic rings. The van der Waals surface area contributed by atoms with Gasteiger partial charge in [0.25, 0.3) is 0 Å². The van der Waals surface area contributed by atoms with Gasteiger partial charge < -0.3 is 9.52 Å². The Bertz CT molecular complexity index is 1190. The normalized spacial score (nSPS) is 17.3. The lowest BCUT2D eigenvalue weighted by Crippen LogP contribution is -2.16. The Balaban J connectivity index is 2.50. The molecule has 2 aromatic carbocycles. The van der Waals surface area contributed by atoms with Gasteiger partial charge in [0.2, 0.25) is 0 Å². The van der Waals surface area contributed by atoms with Crippen molar-refractivity contribution in [1.29, 1.82) is 0 Å². The Morgan fingerprint density at radius 2 is 2.00 bits per heavy atom. The predicted molar refractivity (Wildman–Crippen MR) is 87.7 cm³/mol. The molecular formula is C19H16O4. The van der Waals surface area contributed by atoms with E-state index < -0.39 is 70.8 Å². The van der Waals surface area contributed by atoms with Gasteiger partial charge in [-0.1, -0.05) is 42.3 Å². The second-order valence-electron chi connectivity index (χ2n) is 4.97. The molecule has 4 nitrogen and oxygen atoms in total. The largest absolute Gasteiger partial charge is 0.507 e. The Labute approximate surface area is 141 Å². The van der Waals surface area contributed by atoms with E-state index in [2.05, 4.69) is 0 Å². The van der Waals surface area contributed by atoms with Crippen LogP contribution in [-0.4, -0.2) is 10.9 Å². The van der Waals surface area contributed by atoms with E-state index in [0.29, 0.717) is 0 Å². The van der Waals surface area contributed by atoms with E-state index in [1.54, 1.807) is 12.1 Å². The van der Waals surface area contributed by atoms with E-state index in [9.17, 15) is 14.7 Å². The number of Topliss-reactive ketones (excluding diaryl/α,β-unsaturated/α-hetero) is 1. The maximum atomic E-state index is 12.7. The van der Waals surface area contributed by atoms with Gasteiger partial charge in [0.15, 0.2) is 0 Å². The lowest BCUT2D eigenvalue weighted by Gasteiger charge is -2.17. The van der Waals surface area contributed by atoms with Crippen LogP contribution in [0.4, 0.5) is 0 Å². The van der Waals surface area contributed by atoms with Crippen LogP contribution in [0.1, 0.15) is 38.6 Å². The van der Waals surface area contributed by atoms with E-state index in [0.717, 1.165) is 6.92 Å². The van der Waals surface area contributed by atoms with Gasteiger partial charge in [-0.05, 0) is 24.6 Å². The van der Waals surface area contributed by atoms with Crippen molar-refractivity contribution in [2.75, 3.05) is 0 Å². The summed E-state index contributed by atoms with van der Waals surface area (Å²) in [4.78, 5) is 24.7. The van der Waals surface area contributed by atoms with E-state index >= 15 is 0 Å². The summed E-state index contributed by atoms with van der Waals surface area (Å²) >= 11 is 0. The van der Waals surface area contributed by atoms with Gasteiger partial charge in [-0.15, -0.1) is 0 Å². The number of hydrogen-bond acceptors (Lipinski definition) is 4. The van der Waals surface area contributed by atoms with Crippen molar-refractivity contribution < 1.29 is 22.5 Å². The molecule has 1 aromatic heterocycles. The number of rotatable bonds is 4. The SMILES string of the molecule is [2H]c1c([2H])c([2H])c(C([2H])(CC(C)=O)c2c(O)c3ccccc3oc2=O)c([2H])c1[2H]. The van der Waals surface area contributed by atoms with Gasteiger partial charge in [-0.25, -0.2) is 4.79 Å². The van der Waals surface area contributed by atoms with Crippen LogP contribution in [0.25, 0.3) is 11.0 Å². The van der Waals surface area contributed by atoms with Gasteiger partial charge in [-0.2, -0.15) is 0 Å². The molecule has 0 amide bonds. The van der Waals surface area contributed by atoms with Crippen molar-refractivity contribution in [3.05, 3.63) is 76.0 Å². The Morgan fingerprint density at radius 3 is 2.70 bits per heavy atom. The zero-order valence-electron chi connectivity index (χ0n) is 18.2. The van der Waals surface area contributed by atoms with Gasteiger partial charge in [0.1, 0.15) is 17.1 Å². The minimum Gasteiger partial charge on any atom is -0.507 e. The van der Waals surface area contributed by atoms with E-state index in [1.165, 1.54) is 12.1 Å². The fraction of sp³-hybridized carbons (Fsp3) is 0.158. The summed E-state index contributed by atoms with van der Waals surface area (Å²) in [6.07, 6.45) is -0.711. The van der Waals surface area contributed by atoms with Crippen LogP contribution in [0.3, 0.4) is 0 Å². The molecule has 3 aromatic rings. The van der Waals surface area contributed by atoms with Crippen molar-refractivity contribution in [2.45, 2.75) is 19.2 Å². The highest BCUT2D eigenvalue weighted by molar-refractivity contribution is 5.85. The minimum atomic E-state index is -2.46. The van der Waals surface area contributed by atoms with Crippen molar-refractivity contribution in [1.82, 2.24) is 0 Å². The molecule has 3 rings (SSSR count). The highest BCUT2D eigenvalue weighted by Gasteiger charge is 2.25. The van der Waals surface area contributed by atoms with Crippen LogP contribution in [0.5, 0.6) is 5.75 Å². The average Bonchev–Trinajstić information content (AvgIpc) is 2.64. The molecule has 0 bridgehead atoms. The summed E-state index contributed by atoms with van der Waals surface area (Å²) in [5.74, 6) is -3.69. The van der Waals surface area contributed by atoms with Crippen LogP contribution in [0, 0.1) is 0 Å². The van der Waals surface area contributed by atoms with Crippen LogP contribution >= 0.6 is 0 Å². The first-order valence-corrected chi connectivity index (χ1v) is 6.82. The van der Waals surface area contributed by atoms with Crippen LogP contribution in [0.2, 0.25) is 0 Å². The lowest BCUT2D eigenvalue weighted by atomic mass is 9.87. The third-order valence-electron chi connectivity index (χ3n) is 3.32. The average molecular weight is 314 g/mol. The number of fused-ring (bicyclic) bond motifs is 1. The number of hydrogen-bond donors (Lipinski definition) is 1. The maximum Gasteiger partial charge on any atom is 0.343 e. The molecule has 1 N–H and O–H groups in total. The summed E-state index contributed by atoms with van der Waals surface area (Å²) < 4.78 is 53.9. The first-order valence-electron chi connectivity index (χ1n) is 9.82. The maximum absolute atomic E-state index is 12.7. The van der Waals surface area contributed by atoms with E-state index in [-0.39, 0.29) is 11.0 Å². The molecule has 0 radical (unpaired) electrons. The first kappa shape index (κ1) is 9.30. The number of benzene rings is 2. The quantitative estimate of drug-likeness (QED) is 0.747. The van der Waals surface area contributed by atoms with Crippen molar-refractivity contribution in [2.24, 2.45) is 0 Å². The molecule has 4 heteroatoms. The highest BCUT2D eigenvalue weighted by Crippen LogP contribution is 2.35. The van der Waals surface area contributed by atoms with Crippen LogP contribution in [0.15, 0.2) is 63.7 Å². The molecule has 1 unspecified atom stereocenters. The van der Waals surface area contributed by atoms with Crippen LogP contribution < -0.4 is 5.63 Å². The Morgan fingerprint density at radius 1 is 1.30 bits per heavy atom. The topological polar surface area (TPSA) is 67.5 Å². The van der Waals surface area contributed by atoms with Crippen molar-refractivity contribution in [3.63, 3.8) is 0 Å². The summed E-state index contributed by atoms with van der Waals surface area (Å²) in [5.41, 5.74) is -2.34. The van der Waals surface area contributed by atoms with Crippen LogP contribution in [-0.2, 0) is 4.79 Å². The monoisotopic (exact) mass is 314 g/mol. The van der Waals surface area contributed by atoms with E-state index in [4.69, 9.17) is 12.6 Å². The number of carbonyl (C=O) groups excluding carboxylic acids is 1. The second-order valence-corrected chi connectivity index (χ2v) is 4.97. The fourth-order valence-electron chi connectivity index (χ4n) is 2.35. The zero-order chi connectivity index (χ0) is 21.7. The Kier molecular flexibility index (Phi) is 2.46. The molecule has 0 aliphatic heterocycles. The molecular weight excluding hydrogens is 292 g/mol. The first-order chi connectivity index (χ1) is 13.5. The molecule has 1 heterocycles. The fourth-order valence-corrected chi connectivity index (χ4v) is 2.35. The van der Waals surface area contributed by atoms with Gasteiger partial charge >= 0.3 is 5.63 Å². The standard InChI is InChI=1S/C19H16O4/c1-12(20)11-15(13-7-3-2-4-8-13)17-18(21)14-9-5-6-10-16(14)23-19(17)22/h2-10,15,21H,11H2,1H3/i2D,3D,4D,7D,8D,15D. The smallest absolute Gasteiger partial charge is 0.343 e. The van der Waals surface area contributed by atoms with E-state index in [1.807, 2.05) is 0 Å². The number of carbonyl (C=O) groups is 1. The summed E-state index contributed by atoms with van der Waals surface area (Å²) in [6.45, 7) is 1.14. The molecule has 1 atom stereocenters. The number of ketones is 1. The molecule has 23 heavy (non-hydrogen) atoms. The molecule has 0 saturated carbocycles. The Hall–Kier alpha value is -2.88. The lowest BCUT2D eigenvalue weighted by molar-refractivity contribution is -0.117. The number of para-hydroxylation sites is 1. The summed E-state index contributed by atoms with van der Waals surface area (Å²) in [7, 11) is 0. The van der Waals surface area contributed by atoms with Gasteiger partial charge in [0, 0.05) is 13.7 Å². The third kappa shape index (κ3) is 2.88. The zero-order valence-corrected chi connectivity index (χ0v) is 12.2. The van der Waals surface area contributed by atoms with Gasteiger partial charge in [-0.3, -0.25) is 4.79 Å². The third-order valence-corrected chi connectivity index (χ3v) is 3.32. The van der Waals surface area contributed by atoms with Crippen molar-refractivity contribution >= 4 is 16.8 Å². The van der Waals surface area contributed by atoms with Gasteiger partial charge in [0.05, 0.1) is 17.8 Å². The number of aromatic hydroxyl groups is 1. The predicted octanol–water partition coefficient (Wildman–Crippen LogP) is 3.61. The second kappa shape index (κ2) is 6.08. The molecule has 0 aliphatic carbocycles.